The Balaban J connectivity index is 1.77. The number of carbonyl (C=O) groups excluding carboxylic acids is 1. The molecule has 0 aliphatic carbocycles. The molecule has 0 fully saturated rings. The summed E-state index contributed by atoms with van der Waals surface area (Å²) in [6, 6.07) is 13.9. The summed E-state index contributed by atoms with van der Waals surface area (Å²) in [5.74, 6) is -0.465. The summed E-state index contributed by atoms with van der Waals surface area (Å²) in [5, 5.41) is 4.43. The molecule has 1 amide bonds. The average molecular weight is 354 g/mol. The van der Waals surface area contributed by atoms with Gasteiger partial charge < -0.3 is 5.32 Å². The predicted molar refractivity (Wildman–Crippen MR) is 102 cm³/mol. The fourth-order valence-electron chi connectivity index (χ4n) is 2.60. The van der Waals surface area contributed by atoms with Gasteiger partial charge in [-0.3, -0.25) is 4.79 Å². The van der Waals surface area contributed by atoms with E-state index in [4.69, 9.17) is 4.98 Å². The normalized spacial score (nSPS) is 12.2. The number of anilines is 1. The third kappa shape index (κ3) is 3.99. The smallest absolute Gasteiger partial charge is 0.237 e. The Morgan fingerprint density at radius 1 is 1.12 bits per heavy atom. The van der Waals surface area contributed by atoms with Crippen molar-refractivity contribution in [2.24, 2.45) is 0 Å². The van der Waals surface area contributed by atoms with E-state index in [-0.39, 0.29) is 17.0 Å². The summed E-state index contributed by atoms with van der Waals surface area (Å²) in [6.07, 6.45) is 0. The van der Waals surface area contributed by atoms with Gasteiger partial charge in [-0.05, 0) is 62.2 Å². The second-order valence-electron chi connectivity index (χ2n) is 6.00. The van der Waals surface area contributed by atoms with E-state index in [0.717, 1.165) is 27.1 Å². The van der Waals surface area contributed by atoms with E-state index in [1.54, 1.807) is 12.1 Å². The van der Waals surface area contributed by atoms with Crippen LogP contribution in [0.4, 0.5) is 10.1 Å². The number of fused-ring (bicyclic) bond motifs is 1. The first-order valence-electron chi connectivity index (χ1n) is 8.04. The average Bonchev–Trinajstić information content (AvgIpc) is 2.58. The summed E-state index contributed by atoms with van der Waals surface area (Å²) in [5.41, 5.74) is 3.81. The summed E-state index contributed by atoms with van der Waals surface area (Å²) >= 11 is 1.41. The molecule has 3 aromatic rings. The van der Waals surface area contributed by atoms with Crippen molar-refractivity contribution in [1.29, 1.82) is 0 Å². The Morgan fingerprint density at radius 2 is 1.84 bits per heavy atom. The van der Waals surface area contributed by atoms with Crippen LogP contribution in [0.25, 0.3) is 10.9 Å². The molecule has 3 nitrogen and oxygen atoms in total. The Bertz CT molecular complexity index is 925. The number of amides is 1. The van der Waals surface area contributed by atoms with Crippen molar-refractivity contribution < 1.29 is 9.18 Å². The number of hydrogen-bond acceptors (Lipinski definition) is 3. The van der Waals surface area contributed by atoms with Crippen LogP contribution in [0.1, 0.15) is 18.1 Å². The van der Waals surface area contributed by atoms with Crippen LogP contribution in [0.5, 0.6) is 0 Å². The third-order valence-corrected chi connectivity index (χ3v) is 5.02. The molecular weight excluding hydrogens is 335 g/mol. The van der Waals surface area contributed by atoms with E-state index >= 15 is 0 Å². The maximum Gasteiger partial charge on any atom is 0.237 e. The molecular formula is C20H19FN2OS. The van der Waals surface area contributed by atoms with E-state index in [0.29, 0.717) is 5.69 Å². The Labute approximate surface area is 150 Å². The zero-order chi connectivity index (χ0) is 18.0. The molecule has 0 aliphatic heterocycles. The molecule has 0 saturated heterocycles. The standard InChI is InChI=1S/C20H19FN2OS/c1-12-5-4-6-17-13(2)11-18(23-19(12)17)25-14(3)20(24)22-16-9-7-15(21)8-10-16/h4-11,14H,1-3H3,(H,22,24)/t14-/m0/s1. The predicted octanol–water partition coefficient (Wildman–Crippen LogP) is 5.11. The minimum atomic E-state index is -0.327. The zero-order valence-corrected chi connectivity index (χ0v) is 15.2. The Kier molecular flexibility index (Phi) is 5.04. The first-order chi connectivity index (χ1) is 11.9. The van der Waals surface area contributed by atoms with Gasteiger partial charge in [-0.2, -0.15) is 0 Å². The molecule has 3 rings (SSSR count). The molecule has 25 heavy (non-hydrogen) atoms. The number of nitrogens with zero attached hydrogens (tertiary/aromatic N) is 1. The van der Waals surface area contributed by atoms with Crippen molar-refractivity contribution in [3.8, 4) is 0 Å². The van der Waals surface area contributed by atoms with E-state index in [9.17, 15) is 9.18 Å². The highest BCUT2D eigenvalue weighted by Gasteiger charge is 2.16. The van der Waals surface area contributed by atoms with Crippen molar-refractivity contribution in [2.45, 2.75) is 31.0 Å². The number of benzene rings is 2. The maximum atomic E-state index is 12.9. The van der Waals surface area contributed by atoms with Gasteiger partial charge in [-0.1, -0.05) is 30.0 Å². The van der Waals surface area contributed by atoms with E-state index in [2.05, 4.69) is 18.3 Å². The van der Waals surface area contributed by atoms with Gasteiger partial charge in [0, 0.05) is 11.1 Å². The maximum absolute atomic E-state index is 12.9. The first kappa shape index (κ1) is 17.4. The number of carbonyl (C=O) groups is 1. The molecule has 5 heteroatoms. The second kappa shape index (κ2) is 7.23. The van der Waals surface area contributed by atoms with Gasteiger partial charge in [0.2, 0.25) is 5.91 Å². The van der Waals surface area contributed by atoms with Gasteiger partial charge in [0.05, 0.1) is 15.8 Å². The number of pyridine rings is 1. The SMILES string of the molecule is Cc1cc(S[C@@H](C)C(=O)Nc2ccc(F)cc2)nc2c(C)cccc12. The molecule has 0 saturated carbocycles. The van der Waals surface area contributed by atoms with Crippen LogP contribution in [-0.4, -0.2) is 16.1 Å². The second-order valence-corrected chi connectivity index (χ2v) is 7.37. The molecule has 0 aliphatic rings. The van der Waals surface area contributed by atoms with Crippen LogP contribution in [0.3, 0.4) is 0 Å². The molecule has 1 atom stereocenters. The molecule has 0 spiro atoms. The summed E-state index contributed by atoms with van der Waals surface area (Å²) in [6.45, 7) is 5.92. The molecule has 0 radical (unpaired) electrons. The number of thioether (sulfide) groups is 1. The highest BCUT2D eigenvalue weighted by atomic mass is 32.2. The fraction of sp³-hybridized carbons (Fsp3) is 0.200. The van der Waals surface area contributed by atoms with E-state index in [1.165, 1.54) is 23.9 Å². The Morgan fingerprint density at radius 3 is 2.56 bits per heavy atom. The molecule has 2 aromatic carbocycles. The van der Waals surface area contributed by atoms with Crippen molar-refractivity contribution in [1.82, 2.24) is 4.98 Å². The Hall–Kier alpha value is -2.40. The monoisotopic (exact) mass is 354 g/mol. The van der Waals surface area contributed by atoms with Gasteiger partial charge in [0.1, 0.15) is 5.82 Å². The first-order valence-corrected chi connectivity index (χ1v) is 8.92. The van der Waals surface area contributed by atoms with Crippen LogP contribution in [0, 0.1) is 19.7 Å². The van der Waals surface area contributed by atoms with E-state index in [1.807, 2.05) is 32.0 Å². The quantitative estimate of drug-likeness (QED) is 0.662. The van der Waals surface area contributed by atoms with Crippen molar-refractivity contribution in [3.63, 3.8) is 0 Å². The van der Waals surface area contributed by atoms with Crippen molar-refractivity contribution in [2.75, 3.05) is 5.32 Å². The number of halogens is 1. The number of hydrogen-bond donors (Lipinski definition) is 1. The lowest BCUT2D eigenvalue weighted by atomic mass is 10.1. The molecule has 128 valence electrons. The number of rotatable bonds is 4. The number of nitrogens with one attached hydrogen (secondary N) is 1. The van der Waals surface area contributed by atoms with Gasteiger partial charge in [-0.15, -0.1) is 0 Å². The fourth-order valence-corrected chi connectivity index (χ4v) is 3.52. The van der Waals surface area contributed by atoms with Gasteiger partial charge in [-0.25, -0.2) is 9.37 Å². The zero-order valence-electron chi connectivity index (χ0n) is 14.3. The lowest BCUT2D eigenvalue weighted by Crippen LogP contribution is -2.22. The minimum Gasteiger partial charge on any atom is -0.325 e. The molecule has 1 N–H and O–H groups in total. The number of aromatic nitrogens is 1. The molecule has 0 unspecified atom stereocenters. The lowest BCUT2D eigenvalue weighted by molar-refractivity contribution is -0.115. The van der Waals surface area contributed by atoms with Crippen LogP contribution in [-0.2, 0) is 4.79 Å². The summed E-state index contributed by atoms with van der Waals surface area (Å²) in [4.78, 5) is 17.1. The van der Waals surface area contributed by atoms with Crippen LogP contribution in [0.15, 0.2) is 53.6 Å². The highest BCUT2D eigenvalue weighted by Crippen LogP contribution is 2.28. The minimum absolute atomic E-state index is 0.138. The number of para-hydroxylation sites is 1. The molecule has 0 bridgehead atoms. The van der Waals surface area contributed by atoms with Crippen molar-refractivity contribution >= 4 is 34.3 Å². The van der Waals surface area contributed by atoms with Crippen LogP contribution < -0.4 is 5.32 Å². The van der Waals surface area contributed by atoms with Crippen LogP contribution in [0.2, 0.25) is 0 Å². The third-order valence-electron chi connectivity index (χ3n) is 4.00. The van der Waals surface area contributed by atoms with E-state index < -0.39 is 0 Å². The van der Waals surface area contributed by atoms with Gasteiger partial charge >= 0.3 is 0 Å². The lowest BCUT2D eigenvalue weighted by Gasteiger charge is -2.13. The largest absolute Gasteiger partial charge is 0.325 e. The topological polar surface area (TPSA) is 42.0 Å². The summed E-state index contributed by atoms with van der Waals surface area (Å²) < 4.78 is 12.9. The van der Waals surface area contributed by atoms with Gasteiger partial charge in [0.15, 0.2) is 0 Å². The summed E-state index contributed by atoms with van der Waals surface area (Å²) in [7, 11) is 0. The van der Waals surface area contributed by atoms with Crippen LogP contribution >= 0.6 is 11.8 Å². The van der Waals surface area contributed by atoms with Gasteiger partial charge in [0.25, 0.3) is 0 Å². The highest BCUT2D eigenvalue weighted by molar-refractivity contribution is 8.00. The van der Waals surface area contributed by atoms with Crippen molar-refractivity contribution in [3.05, 3.63) is 65.5 Å². The molecule has 1 heterocycles. The molecule has 1 aromatic heterocycles. The number of aryl methyl sites for hydroxylation is 2.